The van der Waals surface area contributed by atoms with Crippen LogP contribution in [-0.2, 0) is 0 Å². The minimum Gasteiger partial charge on any atom is -0.508 e. The van der Waals surface area contributed by atoms with Crippen LogP contribution in [0.25, 0.3) is 0 Å². The fourth-order valence-corrected chi connectivity index (χ4v) is 2.05. The van der Waals surface area contributed by atoms with Crippen LogP contribution in [0.4, 0.5) is 0 Å². The number of ether oxygens (including phenoxy) is 1. The molecule has 0 aliphatic rings. The second-order valence-corrected chi connectivity index (χ2v) is 4.87. The summed E-state index contributed by atoms with van der Waals surface area (Å²) in [5.41, 5.74) is 1.74. The van der Waals surface area contributed by atoms with Crippen molar-refractivity contribution in [1.29, 1.82) is 0 Å². The van der Waals surface area contributed by atoms with Gasteiger partial charge in [-0.1, -0.05) is 6.07 Å². The van der Waals surface area contributed by atoms with E-state index in [1.165, 1.54) is 32.0 Å². The number of aryl methyl sites for hydroxylation is 1. The van der Waals surface area contributed by atoms with Crippen LogP contribution in [0.15, 0.2) is 36.4 Å². The topological polar surface area (TPSA) is 63.6 Å². The predicted molar refractivity (Wildman–Crippen MR) is 79.4 cm³/mol. The molecule has 0 aromatic heterocycles. The number of ketones is 2. The number of rotatable bonds is 4. The highest BCUT2D eigenvalue weighted by atomic mass is 16.5. The molecule has 0 unspecified atom stereocenters. The largest absolute Gasteiger partial charge is 0.508 e. The van der Waals surface area contributed by atoms with E-state index in [0.717, 1.165) is 5.56 Å². The molecule has 4 heteroatoms. The van der Waals surface area contributed by atoms with Gasteiger partial charge in [0, 0.05) is 5.56 Å². The van der Waals surface area contributed by atoms with Crippen molar-refractivity contribution in [2.24, 2.45) is 0 Å². The number of Topliss-reactive ketones (excluding diaryl/α,β-unsaturated/α-hetero) is 2. The molecule has 2 aromatic rings. The van der Waals surface area contributed by atoms with E-state index in [2.05, 4.69) is 0 Å². The van der Waals surface area contributed by atoms with Crippen LogP contribution in [0.3, 0.4) is 0 Å². The zero-order valence-corrected chi connectivity index (χ0v) is 12.1. The smallest absolute Gasteiger partial charge is 0.163 e. The van der Waals surface area contributed by atoms with Gasteiger partial charge in [-0.25, -0.2) is 0 Å². The summed E-state index contributed by atoms with van der Waals surface area (Å²) in [6, 6.07) is 9.51. The third-order valence-electron chi connectivity index (χ3n) is 3.16. The normalized spacial score (nSPS) is 10.2. The average Bonchev–Trinajstić information content (AvgIpc) is 2.42. The minimum absolute atomic E-state index is 0.000816. The second-order valence-electron chi connectivity index (χ2n) is 4.87. The molecule has 0 spiro atoms. The molecule has 0 saturated heterocycles. The summed E-state index contributed by atoms with van der Waals surface area (Å²) < 4.78 is 5.69. The summed E-state index contributed by atoms with van der Waals surface area (Å²) in [6.07, 6.45) is 0. The van der Waals surface area contributed by atoms with E-state index in [1.807, 2.05) is 6.92 Å². The standard InChI is InChI=1S/C17H16O4/c1-10-4-6-14(9-15(10)11(2)18)21-17-7-5-13(20)8-16(17)12(3)19/h4-9,20H,1-3H3. The molecule has 0 bridgehead atoms. The second kappa shape index (κ2) is 5.79. The van der Waals surface area contributed by atoms with E-state index in [4.69, 9.17) is 4.74 Å². The van der Waals surface area contributed by atoms with Crippen molar-refractivity contribution in [3.63, 3.8) is 0 Å². The molecule has 0 saturated carbocycles. The lowest BCUT2D eigenvalue weighted by Crippen LogP contribution is -1.99. The Hall–Kier alpha value is -2.62. The Morgan fingerprint density at radius 2 is 1.62 bits per heavy atom. The van der Waals surface area contributed by atoms with Crippen LogP contribution in [-0.4, -0.2) is 16.7 Å². The lowest BCUT2D eigenvalue weighted by Gasteiger charge is -2.11. The first kappa shape index (κ1) is 14.8. The first-order valence-electron chi connectivity index (χ1n) is 6.52. The van der Waals surface area contributed by atoms with Crippen LogP contribution >= 0.6 is 0 Å². The number of carbonyl (C=O) groups excluding carboxylic acids is 2. The zero-order valence-electron chi connectivity index (χ0n) is 12.1. The maximum atomic E-state index is 11.6. The summed E-state index contributed by atoms with van der Waals surface area (Å²) >= 11 is 0. The Balaban J connectivity index is 2.41. The molecule has 0 heterocycles. The van der Waals surface area contributed by atoms with Crippen molar-refractivity contribution in [3.8, 4) is 17.2 Å². The van der Waals surface area contributed by atoms with Crippen molar-refractivity contribution in [1.82, 2.24) is 0 Å². The van der Waals surface area contributed by atoms with Gasteiger partial charge < -0.3 is 9.84 Å². The number of benzene rings is 2. The van der Waals surface area contributed by atoms with Gasteiger partial charge in [0.1, 0.15) is 17.2 Å². The third kappa shape index (κ3) is 3.28. The van der Waals surface area contributed by atoms with E-state index in [-0.39, 0.29) is 17.3 Å². The molecule has 108 valence electrons. The van der Waals surface area contributed by atoms with E-state index in [0.29, 0.717) is 22.6 Å². The predicted octanol–water partition coefficient (Wildman–Crippen LogP) is 3.90. The Morgan fingerprint density at radius 3 is 2.24 bits per heavy atom. The summed E-state index contributed by atoms with van der Waals surface area (Å²) in [5, 5.41) is 9.45. The SMILES string of the molecule is CC(=O)c1cc(Oc2ccc(O)cc2C(C)=O)ccc1C. The van der Waals surface area contributed by atoms with Crippen molar-refractivity contribution in [3.05, 3.63) is 53.1 Å². The summed E-state index contributed by atoms with van der Waals surface area (Å²) in [6.45, 7) is 4.74. The molecular formula is C17H16O4. The Bertz CT molecular complexity index is 717. The molecular weight excluding hydrogens is 268 g/mol. The highest BCUT2D eigenvalue weighted by Crippen LogP contribution is 2.30. The van der Waals surface area contributed by atoms with Gasteiger partial charge in [-0.15, -0.1) is 0 Å². The molecule has 4 nitrogen and oxygen atoms in total. The van der Waals surface area contributed by atoms with Crippen LogP contribution in [0.2, 0.25) is 0 Å². The lowest BCUT2D eigenvalue weighted by atomic mass is 10.1. The third-order valence-corrected chi connectivity index (χ3v) is 3.16. The molecule has 0 aliphatic carbocycles. The van der Waals surface area contributed by atoms with Gasteiger partial charge in [0.2, 0.25) is 0 Å². The number of phenolic OH excluding ortho intramolecular Hbond substituents is 1. The number of carbonyl (C=O) groups is 2. The molecule has 0 atom stereocenters. The lowest BCUT2D eigenvalue weighted by molar-refractivity contribution is 0.100. The highest BCUT2D eigenvalue weighted by Gasteiger charge is 2.12. The van der Waals surface area contributed by atoms with E-state index in [9.17, 15) is 14.7 Å². The van der Waals surface area contributed by atoms with Crippen molar-refractivity contribution >= 4 is 11.6 Å². The van der Waals surface area contributed by atoms with Gasteiger partial charge in [0.25, 0.3) is 0 Å². The van der Waals surface area contributed by atoms with E-state index >= 15 is 0 Å². The van der Waals surface area contributed by atoms with Crippen LogP contribution in [0.1, 0.15) is 40.1 Å². The number of hydrogen-bond donors (Lipinski definition) is 1. The molecule has 1 N–H and O–H groups in total. The van der Waals surface area contributed by atoms with E-state index in [1.54, 1.807) is 18.2 Å². The van der Waals surface area contributed by atoms with Gasteiger partial charge in [0.05, 0.1) is 5.56 Å². The number of aromatic hydroxyl groups is 1. The van der Waals surface area contributed by atoms with Crippen LogP contribution in [0, 0.1) is 6.92 Å². The van der Waals surface area contributed by atoms with Crippen LogP contribution in [0.5, 0.6) is 17.2 Å². The monoisotopic (exact) mass is 284 g/mol. The zero-order chi connectivity index (χ0) is 15.6. The van der Waals surface area contributed by atoms with Gasteiger partial charge in [-0.3, -0.25) is 9.59 Å². The van der Waals surface area contributed by atoms with Gasteiger partial charge in [0.15, 0.2) is 11.6 Å². The molecule has 0 amide bonds. The summed E-state index contributed by atoms with van der Waals surface area (Å²) in [7, 11) is 0. The first-order valence-corrected chi connectivity index (χ1v) is 6.52. The number of hydrogen-bond acceptors (Lipinski definition) is 4. The molecule has 2 aromatic carbocycles. The molecule has 0 aliphatic heterocycles. The fourth-order valence-electron chi connectivity index (χ4n) is 2.05. The quantitative estimate of drug-likeness (QED) is 0.865. The Morgan fingerprint density at radius 1 is 0.952 bits per heavy atom. The summed E-state index contributed by atoms with van der Waals surface area (Å²) in [4.78, 5) is 23.1. The van der Waals surface area contributed by atoms with Gasteiger partial charge in [-0.05, 0) is 56.7 Å². The maximum absolute atomic E-state index is 11.6. The maximum Gasteiger partial charge on any atom is 0.163 e. The molecule has 0 fully saturated rings. The number of phenols is 1. The van der Waals surface area contributed by atoms with Gasteiger partial charge >= 0.3 is 0 Å². The Labute approximate surface area is 123 Å². The molecule has 2 rings (SSSR count). The highest BCUT2D eigenvalue weighted by molar-refractivity contribution is 5.97. The van der Waals surface area contributed by atoms with Crippen molar-refractivity contribution in [2.45, 2.75) is 20.8 Å². The Kier molecular flexibility index (Phi) is 4.08. The summed E-state index contributed by atoms with van der Waals surface area (Å²) in [5.74, 6) is 0.564. The molecule has 21 heavy (non-hydrogen) atoms. The van der Waals surface area contributed by atoms with Crippen molar-refractivity contribution < 1.29 is 19.4 Å². The van der Waals surface area contributed by atoms with Crippen molar-refractivity contribution in [2.75, 3.05) is 0 Å². The fraction of sp³-hybridized carbons (Fsp3) is 0.176. The van der Waals surface area contributed by atoms with Gasteiger partial charge in [-0.2, -0.15) is 0 Å². The molecule has 0 radical (unpaired) electrons. The van der Waals surface area contributed by atoms with Crippen LogP contribution < -0.4 is 4.74 Å². The van der Waals surface area contributed by atoms with E-state index < -0.39 is 0 Å². The first-order chi connectivity index (χ1) is 9.88. The minimum atomic E-state index is -0.209. The average molecular weight is 284 g/mol.